The summed E-state index contributed by atoms with van der Waals surface area (Å²) < 4.78 is 5.69. The van der Waals surface area contributed by atoms with Crippen LogP contribution in [0.4, 0.5) is 0 Å². The molecule has 0 radical (unpaired) electrons. The molecule has 1 aliphatic carbocycles. The Hall–Kier alpha value is -2.82. The van der Waals surface area contributed by atoms with E-state index in [4.69, 9.17) is 4.74 Å². The van der Waals surface area contributed by atoms with Gasteiger partial charge in [-0.3, -0.25) is 9.59 Å². The van der Waals surface area contributed by atoms with E-state index in [1.54, 1.807) is 4.90 Å². The maximum atomic E-state index is 13.1. The van der Waals surface area contributed by atoms with E-state index in [1.165, 1.54) is 6.42 Å². The SMILES string of the molecule is CC[C@H](C(=O)NC1CCCCC1)N(Cc1ccccc1)C(=O)COc1ccccc1. The summed E-state index contributed by atoms with van der Waals surface area (Å²) in [5, 5.41) is 3.19. The van der Waals surface area contributed by atoms with Crippen LogP contribution in [0.15, 0.2) is 60.7 Å². The zero-order valence-electron chi connectivity index (χ0n) is 17.8. The van der Waals surface area contributed by atoms with Crippen LogP contribution in [-0.4, -0.2) is 35.4 Å². The number of carbonyl (C=O) groups is 2. The monoisotopic (exact) mass is 408 g/mol. The van der Waals surface area contributed by atoms with Crippen molar-refractivity contribution in [2.45, 2.75) is 64.1 Å². The predicted molar refractivity (Wildman–Crippen MR) is 118 cm³/mol. The average Bonchev–Trinajstić information content (AvgIpc) is 2.79. The van der Waals surface area contributed by atoms with Gasteiger partial charge in [-0.1, -0.05) is 74.7 Å². The predicted octanol–water partition coefficient (Wildman–Crippen LogP) is 4.32. The average molecular weight is 409 g/mol. The van der Waals surface area contributed by atoms with Gasteiger partial charge >= 0.3 is 0 Å². The van der Waals surface area contributed by atoms with Crippen molar-refractivity contribution in [2.75, 3.05) is 6.61 Å². The van der Waals surface area contributed by atoms with E-state index in [-0.39, 0.29) is 24.5 Å². The van der Waals surface area contributed by atoms with Crippen LogP contribution >= 0.6 is 0 Å². The Morgan fingerprint density at radius 1 is 1.00 bits per heavy atom. The lowest BCUT2D eigenvalue weighted by Crippen LogP contribution is -2.52. The lowest BCUT2D eigenvalue weighted by Gasteiger charge is -2.32. The van der Waals surface area contributed by atoms with Gasteiger partial charge in [-0.15, -0.1) is 0 Å². The largest absolute Gasteiger partial charge is 0.484 e. The molecular weight excluding hydrogens is 376 g/mol. The molecule has 30 heavy (non-hydrogen) atoms. The Bertz CT molecular complexity index is 789. The van der Waals surface area contributed by atoms with Gasteiger partial charge in [0, 0.05) is 12.6 Å². The number of hydrogen-bond acceptors (Lipinski definition) is 3. The van der Waals surface area contributed by atoms with Crippen LogP contribution in [0.2, 0.25) is 0 Å². The summed E-state index contributed by atoms with van der Waals surface area (Å²) in [7, 11) is 0. The van der Waals surface area contributed by atoms with Crippen molar-refractivity contribution < 1.29 is 14.3 Å². The number of nitrogens with zero attached hydrogens (tertiary/aromatic N) is 1. The van der Waals surface area contributed by atoms with Crippen molar-refractivity contribution in [3.8, 4) is 5.75 Å². The van der Waals surface area contributed by atoms with Crippen LogP contribution < -0.4 is 10.1 Å². The summed E-state index contributed by atoms with van der Waals surface area (Å²) >= 11 is 0. The Morgan fingerprint density at radius 3 is 2.27 bits per heavy atom. The topological polar surface area (TPSA) is 58.6 Å². The highest BCUT2D eigenvalue weighted by atomic mass is 16.5. The van der Waals surface area contributed by atoms with E-state index in [9.17, 15) is 9.59 Å². The van der Waals surface area contributed by atoms with Crippen molar-refractivity contribution in [3.63, 3.8) is 0 Å². The maximum absolute atomic E-state index is 13.1. The summed E-state index contributed by atoms with van der Waals surface area (Å²) in [6, 6.07) is 18.8. The molecule has 1 aliphatic rings. The second-order valence-corrected chi connectivity index (χ2v) is 7.88. The molecule has 0 aromatic heterocycles. The summed E-state index contributed by atoms with van der Waals surface area (Å²) in [6.45, 7) is 2.24. The van der Waals surface area contributed by atoms with Gasteiger partial charge < -0.3 is 15.0 Å². The van der Waals surface area contributed by atoms with E-state index in [1.807, 2.05) is 67.6 Å². The summed E-state index contributed by atoms with van der Waals surface area (Å²) in [6.07, 6.45) is 6.14. The minimum Gasteiger partial charge on any atom is -0.484 e. The van der Waals surface area contributed by atoms with Crippen LogP contribution in [0.1, 0.15) is 51.0 Å². The summed E-state index contributed by atoms with van der Waals surface area (Å²) in [5.74, 6) is 0.395. The minimum atomic E-state index is -0.515. The molecule has 1 saturated carbocycles. The van der Waals surface area contributed by atoms with E-state index in [0.717, 1.165) is 31.2 Å². The first-order valence-corrected chi connectivity index (χ1v) is 11.0. The van der Waals surface area contributed by atoms with Crippen LogP contribution in [-0.2, 0) is 16.1 Å². The molecule has 0 spiro atoms. The molecule has 0 unspecified atom stereocenters. The van der Waals surface area contributed by atoms with Crippen molar-refractivity contribution >= 4 is 11.8 Å². The van der Waals surface area contributed by atoms with Crippen LogP contribution in [0.25, 0.3) is 0 Å². The van der Waals surface area contributed by atoms with E-state index in [0.29, 0.717) is 18.7 Å². The van der Waals surface area contributed by atoms with Crippen molar-refractivity contribution in [1.82, 2.24) is 10.2 Å². The lowest BCUT2D eigenvalue weighted by molar-refractivity contribution is -0.143. The molecule has 1 fully saturated rings. The molecule has 0 aliphatic heterocycles. The Kier molecular flexibility index (Phi) is 8.30. The van der Waals surface area contributed by atoms with Crippen molar-refractivity contribution in [3.05, 3.63) is 66.2 Å². The number of hydrogen-bond donors (Lipinski definition) is 1. The molecule has 0 saturated heterocycles. The number of nitrogens with one attached hydrogen (secondary N) is 1. The molecule has 5 heteroatoms. The summed E-state index contributed by atoms with van der Waals surface area (Å²) in [5.41, 5.74) is 0.995. The van der Waals surface area contributed by atoms with E-state index >= 15 is 0 Å². The third-order valence-electron chi connectivity index (χ3n) is 5.64. The fourth-order valence-electron chi connectivity index (χ4n) is 3.99. The first kappa shape index (κ1) is 21.9. The van der Waals surface area contributed by atoms with Gasteiger partial charge in [0.25, 0.3) is 5.91 Å². The van der Waals surface area contributed by atoms with Gasteiger partial charge in [0.05, 0.1) is 0 Å². The Morgan fingerprint density at radius 2 is 1.63 bits per heavy atom. The molecular formula is C25H32N2O3. The lowest BCUT2D eigenvalue weighted by atomic mass is 9.95. The molecule has 2 amide bonds. The highest BCUT2D eigenvalue weighted by Gasteiger charge is 2.30. The van der Waals surface area contributed by atoms with Gasteiger partial charge in [0.1, 0.15) is 11.8 Å². The zero-order chi connectivity index (χ0) is 21.2. The highest BCUT2D eigenvalue weighted by Crippen LogP contribution is 2.19. The van der Waals surface area contributed by atoms with Crippen LogP contribution in [0, 0.1) is 0 Å². The molecule has 0 heterocycles. The molecule has 1 N–H and O–H groups in total. The van der Waals surface area contributed by atoms with Gasteiger partial charge in [-0.2, -0.15) is 0 Å². The zero-order valence-corrected chi connectivity index (χ0v) is 17.8. The number of ether oxygens (including phenoxy) is 1. The third-order valence-corrected chi connectivity index (χ3v) is 5.64. The first-order chi connectivity index (χ1) is 14.7. The molecule has 1 atom stereocenters. The molecule has 2 aromatic carbocycles. The van der Waals surface area contributed by atoms with E-state index < -0.39 is 6.04 Å². The quantitative estimate of drug-likeness (QED) is 0.672. The number of rotatable bonds is 9. The molecule has 2 aromatic rings. The fraction of sp³-hybridized carbons (Fsp3) is 0.440. The second kappa shape index (κ2) is 11.4. The Balaban J connectivity index is 1.72. The molecule has 3 rings (SSSR count). The molecule has 5 nitrogen and oxygen atoms in total. The third kappa shape index (κ3) is 6.34. The van der Waals surface area contributed by atoms with Gasteiger partial charge in [0.15, 0.2) is 6.61 Å². The van der Waals surface area contributed by atoms with Crippen LogP contribution in [0.3, 0.4) is 0 Å². The van der Waals surface area contributed by atoms with Crippen molar-refractivity contribution in [2.24, 2.45) is 0 Å². The van der Waals surface area contributed by atoms with Gasteiger partial charge in [0.2, 0.25) is 5.91 Å². The molecule has 0 bridgehead atoms. The van der Waals surface area contributed by atoms with Gasteiger partial charge in [-0.05, 0) is 37.0 Å². The number of carbonyl (C=O) groups excluding carboxylic acids is 2. The van der Waals surface area contributed by atoms with Gasteiger partial charge in [-0.25, -0.2) is 0 Å². The normalized spacial score (nSPS) is 15.2. The fourth-order valence-corrected chi connectivity index (χ4v) is 3.99. The first-order valence-electron chi connectivity index (χ1n) is 11.0. The standard InChI is InChI=1S/C25H32N2O3/c1-2-23(25(29)26-21-14-8-4-9-15-21)27(18-20-12-6-3-7-13-20)24(28)19-30-22-16-10-5-11-17-22/h3,5-7,10-13,16-17,21,23H,2,4,8-9,14-15,18-19H2,1H3,(H,26,29)/t23-/m1/s1. The minimum absolute atomic E-state index is 0.0617. The van der Waals surface area contributed by atoms with Crippen molar-refractivity contribution in [1.29, 1.82) is 0 Å². The van der Waals surface area contributed by atoms with E-state index in [2.05, 4.69) is 5.32 Å². The number of amides is 2. The van der Waals surface area contributed by atoms with Crippen LogP contribution in [0.5, 0.6) is 5.75 Å². The Labute approximate surface area is 179 Å². The summed E-state index contributed by atoms with van der Waals surface area (Å²) in [4.78, 5) is 27.9. The highest BCUT2D eigenvalue weighted by molar-refractivity contribution is 5.88. The maximum Gasteiger partial charge on any atom is 0.261 e. The number of benzene rings is 2. The second-order valence-electron chi connectivity index (χ2n) is 7.88. The smallest absolute Gasteiger partial charge is 0.261 e. The number of para-hydroxylation sites is 1. The molecule has 160 valence electrons.